The molecule has 0 aliphatic rings. The number of nitrogens with two attached hydrogens (primary N) is 1. The fraction of sp³-hybridized carbons (Fsp3) is 0.250. The molecule has 1 aromatic carbocycles. The van der Waals surface area contributed by atoms with E-state index in [1.54, 1.807) is 31.6 Å². The van der Waals surface area contributed by atoms with Gasteiger partial charge in [0.15, 0.2) is 0 Å². The third-order valence-corrected chi connectivity index (χ3v) is 3.83. The first-order chi connectivity index (χ1) is 8.88. The molecule has 0 bridgehead atoms. The standard InChI is InChI=1S/C12H15N3O3S/c1-9-5-11(3-4-12(9)19(13,16)17)18-7-10-6-14-8-15(10)2/h3-6,8H,7H2,1-2H3,(H2,13,16,17). The molecule has 7 heteroatoms. The van der Waals surface area contributed by atoms with Crippen LogP contribution in [0, 0.1) is 6.92 Å². The Balaban J connectivity index is 2.15. The highest BCUT2D eigenvalue weighted by molar-refractivity contribution is 7.89. The van der Waals surface area contributed by atoms with E-state index in [2.05, 4.69) is 4.98 Å². The van der Waals surface area contributed by atoms with E-state index in [1.807, 2.05) is 11.6 Å². The van der Waals surface area contributed by atoms with Crippen LogP contribution in [0.15, 0.2) is 35.6 Å². The number of imidazole rings is 1. The van der Waals surface area contributed by atoms with Crippen LogP contribution in [0.25, 0.3) is 0 Å². The number of aryl methyl sites for hydroxylation is 2. The summed E-state index contributed by atoms with van der Waals surface area (Å²) in [5.41, 5.74) is 1.48. The van der Waals surface area contributed by atoms with Gasteiger partial charge >= 0.3 is 0 Å². The summed E-state index contributed by atoms with van der Waals surface area (Å²) in [4.78, 5) is 4.10. The smallest absolute Gasteiger partial charge is 0.238 e. The average molecular weight is 281 g/mol. The minimum Gasteiger partial charge on any atom is -0.487 e. The minimum absolute atomic E-state index is 0.111. The van der Waals surface area contributed by atoms with Crippen molar-refractivity contribution in [2.75, 3.05) is 0 Å². The monoisotopic (exact) mass is 281 g/mol. The summed E-state index contributed by atoms with van der Waals surface area (Å²) in [7, 11) is -1.81. The number of nitrogens with zero attached hydrogens (tertiary/aromatic N) is 2. The van der Waals surface area contributed by atoms with E-state index < -0.39 is 10.0 Å². The number of aromatic nitrogens is 2. The van der Waals surface area contributed by atoms with Crippen molar-refractivity contribution < 1.29 is 13.2 Å². The molecular formula is C12H15N3O3S. The van der Waals surface area contributed by atoms with Crippen LogP contribution < -0.4 is 9.88 Å². The Morgan fingerprint density at radius 1 is 1.42 bits per heavy atom. The molecule has 0 aliphatic carbocycles. The van der Waals surface area contributed by atoms with Crippen LogP contribution in [-0.4, -0.2) is 18.0 Å². The van der Waals surface area contributed by atoms with Gasteiger partial charge in [0.25, 0.3) is 0 Å². The highest BCUT2D eigenvalue weighted by Crippen LogP contribution is 2.20. The lowest BCUT2D eigenvalue weighted by Gasteiger charge is -2.09. The first-order valence-electron chi connectivity index (χ1n) is 5.59. The number of primary sulfonamides is 1. The molecule has 2 rings (SSSR count). The lowest BCUT2D eigenvalue weighted by molar-refractivity contribution is 0.296. The highest BCUT2D eigenvalue weighted by atomic mass is 32.2. The maximum atomic E-state index is 11.3. The number of hydrogen-bond donors (Lipinski definition) is 1. The maximum absolute atomic E-state index is 11.3. The van der Waals surface area contributed by atoms with Gasteiger partial charge in [0.1, 0.15) is 12.4 Å². The summed E-state index contributed by atoms with van der Waals surface area (Å²) in [5.74, 6) is 0.589. The molecule has 0 fully saturated rings. The van der Waals surface area contributed by atoms with Crippen LogP contribution in [-0.2, 0) is 23.7 Å². The van der Waals surface area contributed by atoms with Crippen molar-refractivity contribution in [2.45, 2.75) is 18.4 Å². The van der Waals surface area contributed by atoms with Crippen LogP contribution in [0.2, 0.25) is 0 Å². The molecule has 0 atom stereocenters. The van der Waals surface area contributed by atoms with Crippen molar-refractivity contribution in [2.24, 2.45) is 12.2 Å². The van der Waals surface area contributed by atoms with E-state index in [-0.39, 0.29) is 4.90 Å². The molecule has 2 N–H and O–H groups in total. The van der Waals surface area contributed by atoms with Gasteiger partial charge in [-0.2, -0.15) is 0 Å². The van der Waals surface area contributed by atoms with Gasteiger partial charge in [-0.1, -0.05) is 0 Å². The number of hydrogen-bond acceptors (Lipinski definition) is 4. The Hall–Kier alpha value is -1.86. The third-order valence-electron chi connectivity index (χ3n) is 2.76. The van der Waals surface area contributed by atoms with Gasteiger partial charge in [0, 0.05) is 7.05 Å². The lowest BCUT2D eigenvalue weighted by Crippen LogP contribution is -2.13. The molecule has 1 aromatic heterocycles. The normalized spacial score (nSPS) is 11.5. The summed E-state index contributed by atoms with van der Waals surface area (Å²) < 4.78 is 30.0. The topological polar surface area (TPSA) is 87.2 Å². The second kappa shape index (κ2) is 5.02. The van der Waals surface area contributed by atoms with Crippen molar-refractivity contribution in [1.82, 2.24) is 9.55 Å². The SMILES string of the molecule is Cc1cc(OCc2cncn2C)ccc1S(N)(=O)=O. The van der Waals surface area contributed by atoms with Gasteiger partial charge in [-0.05, 0) is 30.7 Å². The van der Waals surface area contributed by atoms with E-state index in [0.717, 1.165) is 5.69 Å². The third kappa shape index (κ3) is 3.12. The molecule has 102 valence electrons. The first kappa shape index (κ1) is 13.6. The van der Waals surface area contributed by atoms with Crippen LogP contribution in [0.3, 0.4) is 0 Å². The van der Waals surface area contributed by atoms with Crippen molar-refractivity contribution in [3.63, 3.8) is 0 Å². The minimum atomic E-state index is -3.68. The van der Waals surface area contributed by atoms with Crippen molar-refractivity contribution in [3.05, 3.63) is 42.0 Å². The van der Waals surface area contributed by atoms with Crippen LogP contribution >= 0.6 is 0 Å². The van der Waals surface area contributed by atoms with Gasteiger partial charge in [0.05, 0.1) is 23.1 Å². The summed E-state index contributed by atoms with van der Waals surface area (Å²) in [5, 5.41) is 5.10. The van der Waals surface area contributed by atoms with Crippen LogP contribution in [0.4, 0.5) is 0 Å². The molecule has 0 unspecified atom stereocenters. The Kier molecular flexibility index (Phi) is 3.59. The maximum Gasteiger partial charge on any atom is 0.238 e. The number of ether oxygens (including phenoxy) is 1. The van der Waals surface area contributed by atoms with Crippen molar-refractivity contribution in [3.8, 4) is 5.75 Å². The molecule has 0 amide bonds. The molecule has 2 aromatic rings. The van der Waals surface area contributed by atoms with Gasteiger partial charge in [-0.3, -0.25) is 0 Å². The summed E-state index contributed by atoms with van der Waals surface area (Å²) in [6.07, 6.45) is 3.40. The Labute approximate surface area is 111 Å². The Morgan fingerprint density at radius 3 is 2.68 bits per heavy atom. The number of sulfonamides is 1. The molecule has 0 spiro atoms. The molecule has 0 saturated heterocycles. The van der Waals surface area contributed by atoms with E-state index in [9.17, 15) is 8.42 Å². The largest absolute Gasteiger partial charge is 0.487 e. The Bertz CT molecular complexity index is 692. The zero-order valence-electron chi connectivity index (χ0n) is 10.7. The summed E-state index contributed by atoms with van der Waals surface area (Å²) in [6.45, 7) is 2.04. The predicted octanol–water partition coefficient (Wildman–Crippen LogP) is 0.955. The molecule has 6 nitrogen and oxygen atoms in total. The number of rotatable bonds is 4. The van der Waals surface area contributed by atoms with Crippen molar-refractivity contribution in [1.29, 1.82) is 0 Å². The summed E-state index contributed by atoms with van der Waals surface area (Å²) >= 11 is 0. The zero-order chi connectivity index (χ0) is 14.0. The average Bonchev–Trinajstić information content (AvgIpc) is 2.70. The highest BCUT2D eigenvalue weighted by Gasteiger charge is 2.12. The Morgan fingerprint density at radius 2 is 2.16 bits per heavy atom. The molecule has 19 heavy (non-hydrogen) atoms. The molecule has 1 heterocycles. The molecule has 0 aliphatic heterocycles. The second-order valence-corrected chi connectivity index (χ2v) is 5.79. The molecule has 0 saturated carbocycles. The predicted molar refractivity (Wildman–Crippen MR) is 70.1 cm³/mol. The fourth-order valence-corrected chi connectivity index (χ4v) is 2.48. The molecule has 0 radical (unpaired) electrons. The lowest BCUT2D eigenvalue weighted by atomic mass is 10.2. The summed E-state index contributed by atoms with van der Waals surface area (Å²) in [6, 6.07) is 4.68. The second-order valence-electron chi connectivity index (χ2n) is 4.26. The van der Waals surface area contributed by atoms with Crippen LogP contribution in [0.1, 0.15) is 11.3 Å². The quantitative estimate of drug-likeness (QED) is 0.904. The number of benzene rings is 1. The van der Waals surface area contributed by atoms with E-state index in [1.165, 1.54) is 6.07 Å². The van der Waals surface area contributed by atoms with E-state index in [0.29, 0.717) is 17.9 Å². The van der Waals surface area contributed by atoms with Gasteiger partial charge in [0.2, 0.25) is 10.0 Å². The van der Waals surface area contributed by atoms with E-state index >= 15 is 0 Å². The van der Waals surface area contributed by atoms with Gasteiger partial charge in [-0.25, -0.2) is 18.5 Å². The van der Waals surface area contributed by atoms with Gasteiger partial charge < -0.3 is 9.30 Å². The van der Waals surface area contributed by atoms with Gasteiger partial charge in [-0.15, -0.1) is 0 Å². The van der Waals surface area contributed by atoms with Crippen molar-refractivity contribution >= 4 is 10.0 Å². The molecular weight excluding hydrogens is 266 g/mol. The van der Waals surface area contributed by atoms with E-state index in [4.69, 9.17) is 9.88 Å². The van der Waals surface area contributed by atoms with Crippen LogP contribution in [0.5, 0.6) is 5.75 Å². The first-order valence-corrected chi connectivity index (χ1v) is 7.14. The zero-order valence-corrected chi connectivity index (χ0v) is 11.5. The fourth-order valence-electron chi connectivity index (χ4n) is 1.71.